The van der Waals surface area contributed by atoms with Gasteiger partial charge in [0.25, 0.3) is 5.91 Å². The van der Waals surface area contributed by atoms with Gasteiger partial charge in [0.15, 0.2) is 0 Å². The number of amides is 1. The summed E-state index contributed by atoms with van der Waals surface area (Å²) in [6.07, 6.45) is 0. The second kappa shape index (κ2) is 7.75. The molecule has 1 aromatic heterocycles. The average molecular weight is 379 g/mol. The van der Waals surface area contributed by atoms with Crippen LogP contribution >= 0.6 is 15.9 Å². The molecule has 0 bridgehead atoms. The van der Waals surface area contributed by atoms with Crippen molar-refractivity contribution in [1.29, 1.82) is 0 Å². The SMILES string of the molecule is CNCCN(C)C(=O)c1c(C)nn(Cc2cccc(Br)c2)c1C. The van der Waals surface area contributed by atoms with Gasteiger partial charge in [-0.1, -0.05) is 28.1 Å². The summed E-state index contributed by atoms with van der Waals surface area (Å²) in [7, 11) is 3.70. The molecule has 5 nitrogen and oxygen atoms in total. The number of hydrogen-bond acceptors (Lipinski definition) is 3. The van der Waals surface area contributed by atoms with Gasteiger partial charge in [-0.05, 0) is 38.6 Å². The zero-order valence-electron chi connectivity index (χ0n) is 14.1. The minimum absolute atomic E-state index is 0.0238. The molecule has 23 heavy (non-hydrogen) atoms. The molecule has 0 aliphatic heterocycles. The largest absolute Gasteiger partial charge is 0.340 e. The highest BCUT2D eigenvalue weighted by molar-refractivity contribution is 9.10. The third-order valence-electron chi connectivity index (χ3n) is 3.86. The molecule has 1 amide bonds. The van der Waals surface area contributed by atoms with Crippen molar-refractivity contribution in [2.75, 3.05) is 27.2 Å². The predicted molar refractivity (Wildman–Crippen MR) is 95.8 cm³/mol. The summed E-state index contributed by atoms with van der Waals surface area (Å²) < 4.78 is 2.94. The number of nitrogens with zero attached hydrogens (tertiary/aromatic N) is 3. The molecule has 1 aromatic carbocycles. The molecule has 0 saturated carbocycles. The molecule has 0 spiro atoms. The molecule has 0 saturated heterocycles. The summed E-state index contributed by atoms with van der Waals surface area (Å²) in [6, 6.07) is 8.12. The molecule has 0 aliphatic carbocycles. The lowest BCUT2D eigenvalue weighted by Crippen LogP contribution is -2.33. The van der Waals surface area contributed by atoms with E-state index in [1.54, 1.807) is 4.90 Å². The van der Waals surface area contributed by atoms with Crippen molar-refractivity contribution >= 4 is 21.8 Å². The first-order valence-corrected chi connectivity index (χ1v) is 8.42. The van der Waals surface area contributed by atoms with Crippen molar-refractivity contribution in [2.24, 2.45) is 0 Å². The summed E-state index contributed by atoms with van der Waals surface area (Å²) >= 11 is 3.48. The molecule has 6 heteroatoms. The third kappa shape index (κ3) is 4.20. The zero-order chi connectivity index (χ0) is 17.0. The Balaban J connectivity index is 2.23. The highest BCUT2D eigenvalue weighted by atomic mass is 79.9. The highest BCUT2D eigenvalue weighted by Gasteiger charge is 2.21. The van der Waals surface area contributed by atoms with E-state index in [2.05, 4.69) is 38.5 Å². The maximum Gasteiger partial charge on any atom is 0.257 e. The molecule has 2 aromatic rings. The Morgan fingerprint density at radius 3 is 2.78 bits per heavy atom. The first kappa shape index (κ1) is 17.7. The molecule has 2 rings (SSSR count). The van der Waals surface area contributed by atoms with Gasteiger partial charge in [0.1, 0.15) is 0 Å². The van der Waals surface area contributed by atoms with Gasteiger partial charge < -0.3 is 10.2 Å². The van der Waals surface area contributed by atoms with E-state index in [-0.39, 0.29) is 5.91 Å². The topological polar surface area (TPSA) is 50.2 Å². The Morgan fingerprint density at radius 1 is 1.39 bits per heavy atom. The van der Waals surface area contributed by atoms with Crippen molar-refractivity contribution in [2.45, 2.75) is 20.4 Å². The van der Waals surface area contributed by atoms with Crippen molar-refractivity contribution < 1.29 is 4.79 Å². The van der Waals surface area contributed by atoms with Gasteiger partial charge in [-0.15, -0.1) is 0 Å². The number of likely N-dealkylation sites (N-methyl/N-ethyl adjacent to an activating group) is 2. The van der Waals surface area contributed by atoms with Crippen LogP contribution < -0.4 is 5.32 Å². The molecule has 0 unspecified atom stereocenters. The molecule has 1 N–H and O–H groups in total. The number of halogens is 1. The summed E-state index contributed by atoms with van der Waals surface area (Å²) in [6.45, 7) is 5.94. The lowest BCUT2D eigenvalue weighted by Gasteiger charge is -2.17. The van der Waals surface area contributed by atoms with Gasteiger partial charge in [-0.25, -0.2) is 0 Å². The Morgan fingerprint density at radius 2 is 2.13 bits per heavy atom. The fraction of sp³-hybridized carbons (Fsp3) is 0.412. The van der Waals surface area contributed by atoms with Crippen molar-refractivity contribution in [3.8, 4) is 0 Å². The van der Waals surface area contributed by atoms with Gasteiger partial charge in [-0.2, -0.15) is 5.10 Å². The summed E-state index contributed by atoms with van der Waals surface area (Å²) in [5.41, 5.74) is 3.54. The fourth-order valence-electron chi connectivity index (χ4n) is 2.54. The smallest absolute Gasteiger partial charge is 0.257 e. The first-order chi connectivity index (χ1) is 10.9. The molecular formula is C17H23BrN4O. The molecule has 0 atom stereocenters. The predicted octanol–water partition coefficient (Wildman–Crippen LogP) is 2.60. The van der Waals surface area contributed by atoms with Crippen LogP contribution in [0, 0.1) is 13.8 Å². The van der Waals surface area contributed by atoms with Crippen LogP contribution in [0.25, 0.3) is 0 Å². The normalized spacial score (nSPS) is 10.8. The fourth-order valence-corrected chi connectivity index (χ4v) is 2.99. The van der Waals surface area contributed by atoms with Crippen LogP contribution in [0.15, 0.2) is 28.7 Å². The van der Waals surface area contributed by atoms with Gasteiger partial charge in [0.2, 0.25) is 0 Å². The molecular weight excluding hydrogens is 356 g/mol. The maximum atomic E-state index is 12.6. The third-order valence-corrected chi connectivity index (χ3v) is 4.35. The Labute approximate surface area is 145 Å². The van der Waals surface area contributed by atoms with E-state index in [1.165, 1.54) is 0 Å². The number of nitrogens with one attached hydrogen (secondary N) is 1. The van der Waals surface area contributed by atoms with Crippen molar-refractivity contribution in [3.05, 3.63) is 51.3 Å². The lowest BCUT2D eigenvalue weighted by atomic mass is 10.1. The van der Waals surface area contributed by atoms with Gasteiger partial charge in [0, 0.05) is 30.3 Å². The number of rotatable bonds is 6. The minimum atomic E-state index is 0.0238. The highest BCUT2D eigenvalue weighted by Crippen LogP contribution is 2.18. The number of carbonyl (C=O) groups excluding carboxylic acids is 1. The van der Waals surface area contributed by atoms with Gasteiger partial charge in [-0.3, -0.25) is 9.48 Å². The zero-order valence-corrected chi connectivity index (χ0v) is 15.6. The van der Waals surface area contributed by atoms with E-state index >= 15 is 0 Å². The van der Waals surface area contributed by atoms with Gasteiger partial charge >= 0.3 is 0 Å². The first-order valence-electron chi connectivity index (χ1n) is 7.62. The number of hydrogen-bond donors (Lipinski definition) is 1. The summed E-state index contributed by atoms with van der Waals surface area (Å²) in [5.74, 6) is 0.0238. The molecule has 0 radical (unpaired) electrons. The van der Waals surface area contributed by atoms with Crippen molar-refractivity contribution in [1.82, 2.24) is 20.0 Å². The number of aromatic nitrogens is 2. The van der Waals surface area contributed by atoms with E-state index in [9.17, 15) is 4.79 Å². The average Bonchev–Trinajstić information content (AvgIpc) is 2.78. The second-order valence-electron chi connectivity index (χ2n) is 5.66. The second-order valence-corrected chi connectivity index (χ2v) is 6.58. The lowest BCUT2D eigenvalue weighted by molar-refractivity contribution is 0.0795. The van der Waals surface area contributed by atoms with E-state index in [0.717, 1.165) is 28.0 Å². The number of aryl methyl sites for hydroxylation is 1. The quantitative estimate of drug-likeness (QED) is 0.840. The van der Waals surface area contributed by atoms with Crippen LogP contribution in [0.4, 0.5) is 0 Å². The summed E-state index contributed by atoms with van der Waals surface area (Å²) in [5, 5.41) is 7.62. The Hall–Kier alpha value is -1.66. The Kier molecular flexibility index (Phi) is 5.96. The van der Waals surface area contributed by atoms with Crippen LogP contribution in [0.1, 0.15) is 27.3 Å². The minimum Gasteiger partial charge on any atom is -0.340 e. The number of carbonyl (C=O) groups is 1. The van der Waals surface area contributed by atoms with Crippen LogP contribution in [-0.2, 0) is 6.54 Å². The van der Waals surface area contributed by atoms with E-state index in [0.29, 0.717) is 18.7 Å². The van der Waals surface area contributed by atoms with Crippen LogP contribution in [0.3, 0.4) is 0 Å². The monoisotopic (exact) mass is 378 g/mol. The van der Waals surface area contributed by atoms with Crippen LogP contribution in [0.2, 0.25) is 0 Å². The van der Waals surface area contributed by atoms with E-state index < -0.39 is 0 Å². The van der Waals surface area contributed by atoms with Crippen molar-refractivity contribution in [3.63, 3.8) is 0 Å². The standard InChI is InChI=1S/C17H23BrN4O/c1-12-16(17(23)21(4)9-8-19-3)13(2)22(20-12)11-14-6-5-7-15(18)10-14/h5-7,10,19H,8-9,11H2,1-4H3. The molecule has 124 valence electrons. The van der Waals surface area contributed by atoms with E-state index in [1.807, 2.05) is 44.8 Å². The Bertz CT molecular complexity index is 696. The van der Waals surface area contributed by atoms with Crippen LogP contribution in [0.5, 0.6) is 0 Å². The van der Waals surface area contributed by atoms with Gasteiger partial charge in [0.05, 0.1) is 17.8 Å². The van der Waals surface area contributed by atoms with E-state index in [4.69, 9.17) is 0 Å². The molecule has 0 aliphatic rings. The molecule has 1 heterocycles. The number of benzene rings is 1. The summed E-state index contributed by atoms with van der Waals surface area (Å²) in [4.78, 5) is 14.4. The molecule has 0 fully saturated rings. The maximum absolute atomic E-state index is 12.6. The van der Waals surface area contributed by atoms with Crippen LogP contribution in [-0.4, -0.2) is 47.8 Å².